The van der Waals surface area contributed by atoms with Crippen molar-refractivity contribution in [1.29, 1.82) is 0 Å². The topological polar surface area (TPSA) is 148 Å². The number of amides is 1. The van der Waals surface area contributed by atoms with Gasteiger partial charge in [-0.3, -0.25) is 10.1 Å². The van der Waals surface area contributed by atoms with E-state index in [1.54, 1.807) is 0 Å². The number of rotatable bonds is 12. The molecule has 2 N–H and O–H groups in total. The molecule has 0 unspecified atom stereocenters. The molecule has 0 aromatic heterocycles. The van der Waals surface area contributed by atoms with Gasteiger partial charge in [-0.05, 0) is 30.0 Å². The minimum absolute atomic E-state index is 0.0760. The monoisotopic (exact) mass is 535 g/mol. The lowest BCUT2D eigenvalue weighted by molar-refractivity contribution is -0.384. The van der Waals surface area contributed by atoms with Crippen LogP contribution < -0.4 is 5.32 Å². The van der Waals surface area contributed by atoms with Crippen LogP contribution in [-0.2, 0) is 25.9 Å². The maximum absolute atomic E-state index is 13.4. The first-order chi connectivity index (χ1) is 17.6. The maximum atomic E-state index is 13.4. The van der Waals surface area contributed by atoms with Gasteiger partial charge in [-0.2, -0.15) is 4.31 Å². The summed E-state index contributed by atoms with van der Waals surface area (Å²) in [6, 6.07) is 12.9. The number of nitrogens with one attached hydrogen (secondary N) is 1. The zero-order chi connectivity index (χ0) is 27.0. The molecule has 1 amide bonds. The predicted octanol–water partition coefficient (Wildman–Crippen LogP) is 2.73. The molecule has 3 rings (SSSR count). The molecule has 1 aliphatic rings. The van der Waals surface area contributed by atoms with Crippen LogP contribution in [0.25, 0.3) is 0 Å². The van der Waals surface area contributed by atoms with Gasteiger partial charge in [0.1, 0.15) is 6.10 Å². The lowest BCUT2D eigenvalue weighted by Gasteiger charge is -2.30. The van der Waals surface area contributed by atoms with Crippen LogP contribution in [0.3, 0.4) is 0 Å². The van der Waals surface area contributed by atoms with Crippen LogP contribution in [0.15, 0.2) is 59.5 Å². The Morgan fingerprint density at radius 2 is 1.86 bits per heavy atom. The molecule has 0 spiro atoms. The molecule has 0 radical (unpaired) electrons. The molecule has 1 saturated heterocycles. The van der Waals surface area contributed by atoms with E-state index in [0.29, 0.717) is 19.6 Å². The first-order valence-corrected chi connectivity index (χ1v) is 13.5. The molecule has 1 heterocycles. The minimum Gasteiger partial charge on any atom is -0.444 e. The second kappa shape index (κ2) is 13.0. The average molecular weight is 536 g/mol. The molecule has 0 saturated carbocycles. The highest BCUT2D eigenvalue weighted by Crippen LogP contribution is 2.22. The number of ether oxygens (including phenoxy) is 2. The van der Waals surface area contributed by atoms with Gasteiger partial charge in [-0.25, -0.2) is 13.2 Å². The van der Waals surface area contributed by atoms with E-state index in [-0.39, 0.29) is 42.1 Å². The van der Waals surface area contributed by atoms with Gasteiger partial charge < -0.3 is 19.9 Å². The molecule has 2 aromatic rings. The van der Waals surface area contributed by atoms with Gasteiger partial charge in [-0.15, -0.1) is 0 Å². The minimum atomic E-state index is -4.10. The Labute approximate surface area is 216 Å². The van der Waals surface area contributed by atoms with Crippen molar-refractivity contribution < 1.29 is 32.7 Å². The van der Waals surface area contributed by atoms with Crippen molar-refractivity contribution >= 4 is 21.8 Å². The van der Waals surface area contributed by atoms with E-state index in [4.69, 9.17) is 9.47 Å². The fourth-order valence-electron chi connectivity index (χ4n) is 4.00. The molecule has 2 aromatic carbocycles. The summed E-state index contributed by atoms with van der Waals surface area (Å²) in [4.78, 5) is 22.8. The Kier molecular flexibility index (Phi) is 9.98. The number of hydrogen-bond donors (Lipinski definition) is 2. The number of alkyl carbamates (subject to hydrolysis) is 1. The molecular formula is C25H33N3O8S. The normalized spacial score (nSPS) is 17.5. The standard InChI is InChI=1S/C25H33N3O8S/c1-18(2)15-27(37(33,34)22-10-8-20(9-11-22)28(31)32)16-24(29)23(14-19-6-4-3-5-7-19)26-25(30)36-21-12-13-35-17-21/h3-11,18,21,23-24,29H,12-17H2,1-2H3,(H,26,30)/t21-,23-,24-/m1/s1. The zero-order valence-electron chi connectivity index (χ0n) is 20.9. The fraction of sp³-hybridized carbons (Fsp3) is 0.480. The van der Waals surface area contributed by atoms with Gasteiger partial charge in [0, 0.05) is 31.6 Å². The largest absolute Gasteiger partial charge is 0.444 e. The first kappa shape index (κ1) is 28.5. The number of carbonyl (C=O) groups is 1. The van der Waals surface area contributed by atoms with Crippen LogP contribution in [0, 0.1) is 16.0 Å². The van der Waals surface area contributed by atoms with Crippen LogP contribution in [0.5, 0.6) is 0 Å². The molecule has 12 heteroatoms. The summed E-state index contributed by atoms with van der Waals surface area (Å²) in [6.45, 7) is 4.27. The molecule has 11 nitrogen and oxygen atoms in total. The molecule has 1 fully saturated rings. The number of aliphatic hydroxyl groups excluding tert-OH is 1. The van der Waals surface area contributed by atoms with Crippen molar-refractivity contribution in [3.63, 3.8) is 0 Å². The molecule has 3 atom stereocenters. The second-order valence-electron chi connectivity index (χ2n) is 9.37. The van der Waals surface area contributed by atoms with E-state index in [1.165, 1.54) is 12.1 Å². The van der Waals surface area contributed by atoms with Gasteiger partial charge in [0.15, 0.2) is 0 Å². The van der Waals surface area contributed by atoms with E-state index in [2.05, 4.69) is 5.32 Å². The van der Waals surface area contributed by atoms with Gasteiger partial charge in [0.2, 0.25) is 10.0 Å². The summed E-state index contributed by atoms with van der Waals surface area (Å²) in [6.07, 6.45) is -1.56. The number of nitro benzene ring substituents is 1. The molecule has 0 bridgehead atoms. The van der Waals surface area contributed by atoms with Crippen molar-refractivity contribution in [1.82, 2.24) is 9.62 Å². The van der Waals surface area contributed by atoms with Crippen molar-refractivity contribution in [2.45, 2.75) is 49.8 Å². The lowest BCUT2D eigenvalue weighted by Crippen LogP contribution is -2.51. The Morgan fingerprint density at radius 1 is 1.19 bits per heavy atom. The predicted molar refractivity (Wildman–Crippen MR) is 135 cm³/mol. The third kappa shape index (κ3) is 8.22. The highest BCUT2D eigenvalue weighted by molar-refractivity contribution is 7.89. The van der Waals surface area contributed by atoms with Gasteiger partial charge >= 0.3 is 6.09 Å². The first-order valence-electron chi connectivity index (χ1n) is 12.1. The Bertz CT molecular complexity index is 1140. The van der Waals surface area contributed by atoms with Crippen LogP contribution in [0.1, 0.15) is 25.8 Å². The van der Waals surface area contributed by atoms with E-state index in [9.17, 15) is 28.4 Å². The summed E-state index contributed by atoms with van der Waals surface area (Å²) in [7, 11) is -4.10. The lowest BCUT2D eigenvalue weighted by atomic mass is 10.0. The molecule has 0 aliphatic carbocycles. The molecule has 37 heavy (non-hydrogen) atoms. The smallest absolute Gasteiger partial charge is 0.407 e. The summed E-state index contributed by atoms with van der Waals surface area (Å²) < 4.78 is 38.6. The number of sulfonamides is 1. The number of nitro groups is 1. The average Bonchev–Trinajstić information content (AvgIpc) is 3.36. The Balaban J connectivity index is 1.81. The number of benzene rings is 2. The Hall–Kier alpha value is -3.06. The van der Waals surface area contributed by atoms with Crippen LogP contribution in [0.4, 0.5) is 10.5 Å². The Morgan fingerprint density at radius 3 is 2.43 bits per heavy atom. The highest BCUT2D eigenvalue weighted by Gasteiger charge is 2.32. The summed E-state index contributed by atoms with van der Waals surface area (Å²) in [5.41, 5.74) is 0.609. The number of non-ortho nitro benzene ring substituents is 1. The number of nitrogens with zero attached hydrogens (tertiary/aromatic N) is 2. The van der Waals surface area contributed by atoms with Crippen LogP contribution in [0.2, 0.25) is 0 Å². The van der Waals surface area contributed by atoms with Crippen molar-refractivity contribution in [2.24, 2.45) is 5.92 Å². The van der Waals surface area contributed by atoms with Gasteiger partial charge in [0.25, 0.3) is 5.69 Å². The summed E-state index contributed by atoms with van der Waals surface area (Å²) >= 11 is 0. The quantitative estimate of drug-likeness (QED) is 0.311. The highest BCUT2D eigenvalue weighted by atomic mass is 32.2. The van der Waals surface area contributed by atoms with Crippen LogP contribution >= 0.6 is 0 Å². The van der Waals surface area contributed by atoms with Crippen molar-refractivity contribution in [3.05, 3.63) is 70.3 Å². The van der Waals surface area contributed by atoms with E-state index in [0.717, 1.165) is 22.0 Å². The number of carbonyl (C=O) groups excluding carboxylic acids is 1. The SMILES string of the molecule is CC(C)CN(C[C@@H](O)[C@@H](Cc1ccccc1)NC(=O)O[C@@H]1CCOC1)S(=O)(=O)c1ccc([N+](=O)[O-])cc1. The maximum Gasteiger partial charge on any atom is 0.407 e. The number of aliphatic hydroxyl groups is 1. The van der Waals surface area contributed by atoms with E-state index >= 15 is 0 Å². The van der Waals surface area contributed by atoms with Gasteiger partial charge in [-0.1, -0.05) is 44.2 Å². The second-order valence-corrected chi connectivity index (χ2v) is 11.3. The molecule has 1 aliphatic heterocycles. The summed E-state index contributed by atoms with van der Waals surface area (Å²) in [5.74, 6) is -0.0760. The van der Waals surface area contributed by atoms with E-state index < -0.39 is 33.2 Å². The third-order valence-electron chi connectivity index (χ3n) is 5.87. The fourth-order valence-corrected chi connectivity index (χ4v) is 5.62. The summed E-state index contributed by atoms with van der Waals surface area (Å²) in [5, 5.41) is 24.9. The molecule has 202 valence electrons. The van der Waals surface area contributed by atoms with Gasteiger partial charge in [0.05, 0.1) is 35.2 Å². The van der Waals surface area contributed by atoms with E-state index in [1.807, 2.05) is 44.2 Å². The third-order valence-corrected chi connectivity index (χ3v) is 7.72. The van der Waals surface area contributed by atoms with Crippen molar-refractivity contribution in [2.75, 3.05) is 26.3 Å². The zero-order valence-corrected chi connectivity index (χ0v) is 21.7. The number of hydrogen-bond acceptors (Lipinski definition) is 8. The van der Waals surface area contributed by atoms with Crippen LogP contribution in [-0.4, -0.2) is 73.4 Å². The van der Waals surface area contributed by atoms with Crippen molar-refractivity contribution in [3.8, 4) is 0 Å². The molecular weight excluding hydrogens is 502 g/mol.